The fourth-order valence-corrected chi connectivity index (χ4v) is 8.51. The molecule has 9 aromatic rings. The summed E-state index contributed by atoms with van der Waals surface area (Å²) in [7, 11) is 0. The summed E-state index contributed by atoms with van der Waals surface area (Å²) in [5, 5.41) is 19.2. The first-order valence-electron chi connectivity index (χ1n) is 16.9. The first-order valence-corrected chi connectivity index (χ1v) is 16.9. The highest BCUT2D eigenvalue weighted by Crippen LogP contribution is 2.52. The van der Waals surface area contributed by atoms with Crippen molar-refractivity contribution in [3.63, 3.8) is 0 Å². The largest absolute Gasteiger partial charge is 0.247 e. The number of nitrogens with zero attached hydrogens (tertiary/aromatic N) is 2. The summed E-state index contributed by atoms with van der Waals surface area (Å²) >= 11 is 0. The van der Waals surface area contributed by atoms with Crippen molar-refractivity contribution in [3.05, 3.63) is 162 Å². The lowest BCUT2D eigenvalue weighted by Crippen LogP contribution is -2.15. The molecule has 0 radical (unpaired) electrons. The molecule has 0 N–H and O–H groups in total. The summed E-state index contributed by atoms with van der Waals surface area (Å²) in [6, 6.07) is 55.0. The molecule has 1 heterocycles. The molecule has 228 valence electrons. The van der Waals surface area contributed by atoms with Crippen LogP contribution in [0.2, 0.25) is 0 Å². The number of rotatable bonds is 2. The fraction of sp³-hybridized carbons (Fsp3) is 0.0638. The topological polar surface area (TPSA) is 36.7 Å². The number of aromatic nitrogens is 1. The van der Waals surface area contributed by atoms with Crippen molar-refractivity contribution >= 4 is 54.1 Å². The number of hydrogen-bond acceptors (Lipinski definition) is 2. The number of nitriles is 1. The minimum absolute atomic E-state index is 0.221. The maximum Gasteiger partial charge on any atom is 0.0991 e. The zero-order chi connectivity index (χ0) is 32.9. The number of hydrogen-bond donors (Lipinski definition) is 0. The highest BCUT2D eigenvalue weighted by atomic mass is 14.7. The first-order chi connectivity index (χ1) is 24.0. The van der Waals surface area contributed by atoms with Gasteiger partial charge in [-0.1, -0.05) is 123 Å². The second-order valence-corrected chi connectivity index (χ2v) is 13.8. The Kier molecular flexibility index (Phi) is 5.73. The third kappa shape index (κ3) is 3.91. The molecule has 2 nitrogen and oxygen atoms in total. The van der Waals surface area contributed by atoms with Gasteiger partial charge in [0.25, 0.3) is 0 Å². The molecule has 0 fully saturated rings. The minimum atomic E-state index is -0.221. The van der Waals surface area contributed by atoms with E-state index < -0.39 is 0 Å². The predicted molar refractivity (Wildman–Crippen MR) is 205 cm³/mol. The van der Waals surface area contributed by atoms with E-state index in [2.05, 4.69) is 159 Å². The van der Waals surface area contributed by atoms with Gasteiger partial charge in [0.05, 0.1) is 22.7 Å². The third-order valence-corrected chi connectivity index (χ3v) is 10.8. The maximum atomic E-state index is 9.65. The van der Waals surface area contributed by atoms with E-state index in [9.17, 15) is 5.26 Å². The van der Waals surface area contributed by atoms with Crippen LogP contribution in [-0.2, 0) is 5.41 Å². The van der Waals surface area contributed by atoms with Crippen LogP contribution in [0.25, 0.3) is 87.5 Å². The molecular formula is C47H30N2. The highest BCUT2D eigenvalue weighted by molar-refractivity contribution is 6.25. The molecule has 0 saturated carbocycles. The minimum Gasteiger partial charge on any atom is -0.247 e. The molecule has 0 saturated heterocycles. The van der Waals surface area contributed by atoms with Crippen molar-refractivity contribution in [2.75, 3.05) is 0 Å². The summed E-state index contributed by atoms with van der Waals surface area (Å²) in [5.74, 6) is 0. The van der Waals surface area contributed by atoms with Crippen LogP contribution >= 0.6 is 0 Å². The van der Waals surface area contributed by atoms with E-state index in [1.165, 1.54) is 71.4 Å². The molecule has 1 aromatic heterocycles. The summed E-state index contributed by atoms with van der Waals surface area (Å²) in [5.41, 5.74) is 12.4. The van der Waals surface area contributed by atoms with E-state index in [0.29, 0.717) is 5.56 Å². The Labute approximate surface area is 284 Å². The lowest BCUT2D eigenvalue weighted by atomic mass is 9.80. The van der Waals surface area contributed by atoms with E-state index in [4.69, 9.17) is 4.98 Å². The predicted octanol–water partition coefficient (Wildman–Crippen LogP) is 12.4. The van der Waals surface area contributed by atoms with Gasteiger partial charge in [0.15, 0.2) is 0 Å². The molecule has 0 unspecified atom stereocenters. The monoisotopic (exact) mass is 622 g/mol. The van der Waals surface area contributed by atoms with Crippen LogP contribution in [0.4, 0.5) is 0 Å². The van der Waals surface area contributed by atoms with Gasteiger partial charge in [-0.05, 0) is 108 Å². The second kappa shape index (κ2) is 10.1. The van der Waals surface area contributed by atoms with Crippen molar-refractivity contribution in [1.29, 1.82) is 5.26 Å². The summed E-state index contributed by atoms with van der Waals surface area (Å²) in [6.45, 7) is 4.57. The molecule has 0 amide bonds. The zero-order valence-corrected chi connectivity index (χ0v) is 27.3. The standard InChI is InChI=1S/C47H30N2/c1-47(2)41-23-28(27-48)19-21-33(41)34-22-20-30(26-42(34)47)44-35-13-5-7-15-37(35)45(38-16-8-6-14-36(38)44)40-25-31-24-29-11-3-10-18-43(29)49-46(31)39-17-9-4-12-32(39)40/h3-26H,1-2H3. The van der Waals surface area contributed by atoms with Gasteiger partial charge >= 0.3 is 0 Å². The van der Waals surface area contributed by atoms with Crippen molar-refractivity contribution in [1.82, 2.24) is 4.98 Å². The molecule has 8 aromatic carbocycles. The number of benzene rings is 8. The van der Waals surface area contributed by atoms with Crippen LogP contribution < -0.4 is 0 Å². The molecule has 0 aliphatic heterocycles. The third-order valence-electron chi connectivity index (χ3n) is 10.8. The Balaban J connectivity index is 1.28. The molecule has 0 bridgehead atoms. The van der Waals surface area contributed by atoms with Gasteiger partial charge < -0.3 is 0 Å². The number of para-hydroxylation sites is 1. The van der Waals surface area contributed by atoms with Gasteiger partial charge in [-0.15, -0.1) is 0 Å². The number of fused-ring (bicyclic) bond motifs is 9. The molecule has 1 aliphatic rings. The van der Waals surface area contributed by atoms with Gasteiger partial charge in [-0.3, -0.25) is 0 Å². The molecule has 1 aliphatic carbocycles. The highest BCUT2D eigenvalue weighted by Gasteiger charge is 2.36. The fourth-order valence-electron chi connectivity index (χ4n) is 8.51. The van der Waals surface area contributed by atoms with Gasteiger partial charge in [0.1, 0.15) is 0 Å². The maximum absolute atomic E-state index is 9.65. The van der Waals surface area contributed by atoms with Gasteiger partial charge in [-0.25, -0.2) is 4.98 Å². The summed E-state index contributed by atoms with van der Waals surface area (Å²) < 4.78 is 0. The van der Waals surface area contributed by atoms with Crippen LogP contribution in [0.3, 0.4) is 0 Å². The quantitative estimate of drug-likeness (QED) is 0.142. The van der Waals surface area contributed by atoms with E-state index in [0.717, 1.165) is 27.2 Å². The van der Waals surface area contributed by atoms with Crippen LogP contribution in [0.1, 0.15) is 30.5 Å². The zero-order valence-electron chi connectivity index (χ0n) is 27.3. The Morgan fingerprint density at radius 3 is 1.76 bits per heavy atom. The average molecular weight is 623 g/mol. The van der Waals surface area contributed by atoms with Crippen LogP contribution in [0.15, 0.2) is 146 Å². The van der Waals surface area contributed by atoms with E-state index in [1.807, 2.05) is 6.07 Å². The van der Waals surface area contributed by atoms with E-state index in [1.54, 1.807) is 0 Å². The lowest BCUT2D eigenvalue weighted by Gasteiger charge is -2.23. The number of pyridine rings is 1. The van der Waals surface area contributed by atoms with E-state index >= 15 is 0 Å². The molecule has 2 heteroatoms. The normalized spacial score (nSPS) is 13.2. The Morgan fingerprint density at radius 1 is 0.490 bits per heavy atom. The van der Waals surface area contributed by atoms with Gasteiger partial charge in [0, 0.05) is 21.6 Å². The molecule has 49 heavy (non-hydrogen) atoms. The lowest BCUT2D eigenvalue weighted by molar-refractivity contribution is 0.660. The Bertz CT molecular complexity index is 2870. The molecule has 0 atom stereocenters. The average Bonchev–Trinajstić information content (AvgIpc) is 3.37. The van der Waals surface area contributed by atoms with Crippen LogP contribution in [-0.4, -0.2) is 4.98 Å². The van der Waals surface area contributed by atoms with E-state index in [-0.39, 0.29) is 5.41 Å². The molecular weight excluding hydrogens is 593 g/mol. The summed E-state index contributed by atoms with van der Waals surface area (Å²) in [4.78, 5) is 5.17. The molecule has 10 rings (SSSR count). The Morgan fingerprint density at radius 2 is 1.06 bits per heavy atom. The smallest absolute Gasteiger partial charge is 0.0991 e. The first kappa shape index (κ1) is 27.8. The van der Waals surface area contributed by atoms with Crippen molar-refractivity contribution < 1.29 is 0 Å². The van der Waals surface area contributed by atoms with Crippen molar-refractivity contribution in [2.24, 2.45) is 0 Å². The second-order valence-electron chi connectivity index (χ2n) is 13.8. The van der Waals surface area contributed by atoms with Gasteiger partial charge in [-0.2, -0.15) is 5.26 Å². The van der Waals surface area contributed by atoms with Crippen molar-refractivity contribution in [3.8, 4) is 39.4 Å². The van der Waals surface area contributed by atoms with Crippen LogP contribution in [0.5, 0.6) is 0 Å². The SMILES string of the molecule is CC1(C)c2cc(C#N)ccc2-c2ccc(-c3c4ccccc4c(-c4cc5cc6ccccc6nc5c5ccccc45)c4ccccc34)cc21. The van der Waals surface area contributed by atoms with Crippen molar-refractivity contribution in [2.45, 2.75) is 19.3 Å². The molecule has 0 spiro atoms. The summed E-state index contributed by atoms with van der Waals surface area (Å²) in [6.07, 6.45) is 0. The van der Waals surface area contributed by atoms with Crippen LogP contribution in [0, 0.1) is 11.3 Å². The van der Waals surface area contributed by atoms with Gasteiger partial charge in [0.2, 0.25) is 0 Å². The Hall–Kier alpha value is -6.30.